The van der Waals surface area contributed by atoms with Crippen molar-refractivity contribution < 1.29 is 44.5 Å². The van der Waals surface area contributed by atoms with Crippen LogP contribution in [0, 0.1) is 0 Å². The second-order valence-electron chi connectivity index (χ2n) is 2.52. The largest absolute Gasteiger partial charge is 1.00 e. The quantitative estimate of drug-likeness (QED) is 0.366. The van der Waals surface area contributed by atoms with Gasteiger partial charge in [0.2, 0.25) is 16.4 Å². The van der Waals surface area contributed by atoms with Crippen molar-refractivity contribution in [3.8, 4) is 5.88 Å². The molecule has 2 aromatic heterocycles. The van der Waals surface area contributed by atoms with Crippen LogP contribution in [0.5, 0.6) is 5.88 Å². The topological polar surface area (TPSA) is 104 Å². The Morgan fingerprint density at radius 1 is 0.955 bits per heavy atom. The summed E-state index contributed by atoms with van der Waals surface area (Å²) in [4.78, 5) is 14.6. The fourth-order valence-corrected chi connectivity index (χ4v) is 1.21. The molecular formula is C11H14Cl3N4NaO3. The Morgan fingerprint density at radius 3 is 1.68 bits per heavy atom. The van der Waals surface area contributed by atoms with Gasteiger partial charge in [0.05, 0.1) is 7.11 Å². The van der Waals surface area contributed by atoms with Gasteiger partial charge in [-0.05, 0) is 29.3 Å². The number of hydrogen-bond acceptors (Lipinski definition) is 7. The van der Waals surface area contributed by atoms with E-state index in [4.69, 9.17) is 49.8 Å². The summed E-state index contributed by atoms with van der Waals surface area (Å²) in [6.45, 7) is 0. The predicted molar refractivity (Wildman–Crippen MR) is 79.7 cm³/mol. The number of nitrogens with zero attached hydrogens (tertiary/aromatic N) is 4. The molecule has 1 N–H and O–H groups in total. The van der Waals surface area contributed by atoms with Gasteiger partial charge < -0.3 is 14.9 Å². The molecule has 0 atom stereocenters. The van der Waals surface area contributed by atoms with Crippen LogP contribution in [-0.4, -0.2) is 46.4 Å². The first-order valence-electron chi connectivity index (χ1n) is 5.14. The third-order valence-corrected chi connectivity index (χ3v) is 1.98. The van der Waals surface area contributed by atoms with E-state index in [1.165, 1.54) is 19.5 Å². The monoisotopic (exact) mass is 378 g/mol. The molecule has 22 heavy (non-hydrogen) atoms. The number of ether oxygens (including phenoxy) is 1. The minimum Gasteiger partial charge on any atom is -0.857 e. The van der Waals surface area contributed by atoms with Gasteiger partial charge in [0.25, 0.3) is 0 Å². The number of aliphatic hydroxyl groups excluding tert-OH is 1. The van der Waals surface area contributed by atoms with Crippen molar-refractivity contribution in [2.45, 2.75) is 0 Å². The van der Waals surface area contributed by atoms with Crippen molar-refractivity contribution in [2.75, 3.05) is 21.3 Å². The standard InChI is InChI=1S/C5H5ClN2O.C4H2Cl2N2.CH4O.CH3O.Na/c1-9-4-2-3-7-5(6)8-4;5-3-1-2-7-4(6)8-3;2*1-2;/h2-3H,1H3;1-2H;2H,1H3;1H3;/q;;;-1;+1. The van der Waals surface area contributed by atoms with Gasteiger partial charge in [0, 0.05) is 25.6 Å². The van der Waals surface area contributed by atoms with Crippen molar-refractivity contribution in [3.63, 3.8) is 0 Å². The third-order valence-electron chi connectivity index (χ3n) is 1.40. The first-order valence-corrected chi connectivity index (χ1v) is 6.27. The molecule has 2 rings (SSSR count). The molecule has 0 aliphatic carbocycles. The average molecular weight is 380 g/mol. The van der Waals surface area contributed by atoms with E-state index in [-0.39, 0.29) is 40.1 Å². The van der Waals surface area contributed by atoms with Gasteiger partial charge in [-0.2, -0.15) is 12.1 Å². The molecule has 0 aromatic carbocycles. The Bertz CT molecular complexity index is 480. The van der Waals surface area contributed by atoms with Crippen LogP contribution in [0.15, 0.2) is 24.5 Å². The van der Waals surface area contributed by atoms with Crippen LogP contribution in [0.4, 0.5) is 0 Å². The van der Waals surface area contributed by atoms with Crippen LogP contribution < -0.4 is 39.4 Å². The van der Waals surface area contributed by atoms with Crippen molar-refractivity contribution in [2.24, 2.45) is 0 Å². The van der Waals surface area contributed by atoms with E-state index >= 15 is 0 Å². The Hall–Kier alpha value is -0.250. The normalized spacial score (nSPS) is 7.64. The molecule has 0 bridgehead atoms. The van der Waals surface area contributed by atoms with Crippen molar-refractivity contribution in [3.05, 3.63) is 40.2 Å². The van der Waals surface area contributed by atoms with Crippen LogP contribution in [0.2, 0.25) is 15.7 Å². The summed E-state index contributed by atoms with van der Waals surface area (Å²) < 4.78 is 4.76. The maximum Gasteiger partial charge on any atom is 1.00 e. The number of methoxy groups -OCH3 is 1. The first kappa shape index (κ1) is 26.6. The van der Waals surface area contributed by atoms with Gasteiger partial charge in [-0.3, -0.25) is 0 Å². The van der Waals surface area contributed by atoms with E-state index in [0.717, 1.165) is 14.2 Å². The predicted octanol–water partition coefficient (Wildman–Crippen LogP) is -1.49. The van der Waals surface area contributed by atoms with Crippen LogP contribution in [0.3, 0.4) is 0 Å². The van der Waals surface area contributed by atoms with Gasteiger partial charge in [-0.15, -0.1) is 0 Å². The molecule has 0 aliphatic rings. The fraction of sp³-hybridized carbons (Fsp3) is 0.273. The Labute approximate surface area is 166 Å². The van der Waals surface area contributed by atoms with Gasteiger partial charge >= 0.3 is 29.6 Å². The summed E-state index contributed by atoms with van der Waals surface area (Å²) >= 11 is 16.2. The van der Waals surface area contributed by atoms with E-state index < -0.39 is 0 Å². The number of hydrogen-bond donors (Lipinski definition) is 1. The van der Waals surface area contributed by atoms with Crippen LogP contribution >= 0.6 is 34.8 Å². The molecule has 2 heterocycles. The van der Waals surface area contributed by atoms with E-state index in [1.807, 2.05) is 0 Å². The summed E-state index contributed by atoms with van der Waals surface area (Å²) in [7, 11) is 3.28. The molecule has 0 amide bonds. The molecule has 0 unspecified atom stereocenters. The number of rotatable bonds is 1. The number of aromatic nitrogens is 4. The van der Waals surface area contributed by atoms with Gasteiger partial charge in [0.1, 0.15) is 5.15 Å². The maximum absolute atomic E-state index is 8.25. The summed E-state index contributed by atoms with van der Waals surface area (Å²) in [6.07, 6.45) is 3.03. The summed E-state index contributed by atoms with van der Waals surface area (Å²) in [6, 6.07) is 3.19. The molecule has 7 nitrogen and oxygen atoms in total. The molecule has 0 saturated heterocycles. The minimum absolute atomic E-state index is 0. The summed E-state index contributed by atoms with van der Waals surface area (Å²) in [5, 5.41) is 16.0. The zero-order valence-corrected chi connectivity index (χ0v) is 16.8. The minimum atomic E-state index is 0. The summed E-state index contributed by atoms with van der Waals surface area (Å²) in [5.74, 6) is 0.481. The second kappa shape index (κ2) is 18.8. The van der Waals surface area contributed by atoms with E-state index in [0.29, 0.717) is 11.0 Å². The van der Waals surface area contributed by atoms with Crippen molar-refractivity contribution >= 4 is 34.8 Å². The molecular weight excluding hydrogens is 365 g/mol. The van der Waals surface area contributed by atoms with Crippen molar-refractivity contribution in [1.82, 2.24) is 19.9 Å². The van der Waals surface area contributed by atoms with E-state index in [2.05, 4.69) is 19.9 Å². The molecule has 11 heteroatoms. The van der Waals surface area contributed by atoms with Crippen LogP contribution in [-0.2, 0) is 0 Å². The van der Waals surface area contributed by atoms with Crippen molar-refractivity contribution in [1.29, 1.82) is 0 Å². The van der Waals surface area contributed by atoms with E-state index in [1.54, 1.807) is 12.1 Å². The molecule has 0 aliphatic heterocycles. The molecule has 0 saturated carbocycles. The number of halogens is 3. The van der Waals surface area contributed by atoms with Gasteiger partial charge in [-0.25, -0.2) is 15.0 Å². The Balaban J connectivity index is -0.000000259. The molecule has 118 valence electrons. The maximum atomic E-state index is 8.25. The first-order chi connectivity index (χ1) is 10.1. The third kappa shape index (κ3) is 14.7. The second-order valence-corrected chi connectivity index (χ2v) is 3.58. The molecule has 0 spiro atoms. The molecule has 0 fully saturated rings. The summed E-state index contributed by atoms with van der Waals surface area (Å²) in [5.41, 5.74) is 0. The number of aliphatic hydroxyl groups is 1. The SMILES string of the molecule is CO.COc1ccnc(Cl)n1.C[O-].Clc1ccnc(Cl)n1.[Na+]. The molecule has 2 aromatic rings. The molecule has 0 radical (unpaired) electrons. The van der Waals surface area contributed by atoms with Crippen LogP contribution in [0.1, 0.15) is 0 Å². The Kier molecular flexibility index (Phi) is 22.8. The fourth-order valence-electron chi connectivity index (χ4n) is 0.748. The smallest absolute Gasteiger partial charge is 0.857 e. The van der Waals surface area contributed by atoms with Gasteiger partial charge in [-0.1, -0.05) is 11.6 Å². The van der Waals surface area contributed by atoms with Gasteiger partial charge in [0.15, 0.2) is 0 Å². The Morgan fingerprint density at radius 2 is 1.41 bits per heavy atom. The zero-order chi connectivity index (χ0) is 16.7. The van der Waals surface area contributed by atoms with E-state index in [9.17, 15) is 0 Å². The zero-order valence-electron chi connectivity index (χ0n) is 12.5. The van der Waals surface area contributed by atoms with Crippen LogP contribution in [0.25, 0.3) is 0 Å². The average Bonchev–Trinajstić information content (AvgIpc) is 2.51.